The van der Waals surface area contributed by atoms with Crippen LogP contribution in [0.5, 0.6) is 0 Å². The highest BCUT2D eigenvalue weighted by atomic mass is 31.3. The van der Waals surface area contributed by atoms with Gasteiger partial charge in [-0.15, -0.1) is 0 Å². The first-order valence-electron chi connectivity index (χ1n) is 13.6. The Kier molecular flexibility index (Phi) is 19.4. The highest BCUT2D eigenvalue weighted by Crippen LogP contribution is 2.75. The molecule has 24 nitrogen and oxygen atoms in total. The quantitative estimate of drug-likeness (QED) is 0.0197. The summed E-state index contributed by atoms with van der Waals surface area (Å²) in [6.07, 6.45) is 4.24. The number of azide groups is 1. The summed E-state index contributed by atoms with van der Waals surface area (Å²) in [7, 11) is -36.0. The fourth-order valence-corrected chi connectivity index (χ4v) is 11.6. The van der Waals surface area contributed by atoms with E-state index in [0.717, 1.165) is 44.9 Å². The highest BCUT2D eigenvalue weighted by Gasteiger charge is 2.49. The van der Waals surface area contributed by atoms with Crippen LogP contribution in [0.2, 0.25) is 0 Å². The zero-order valence-electron chi connectivity index (χ0n) is 24.8. The van der Waals surface area contributed by atoms with Crippen LogP contribution in [0.4, 0.5) is 0 Å². The molecule has 1 fully saturated rings. The standard InChI is InChI=1S/C17H39N3O21P6/c1-15-13-16(21)17(36-15)14-35-43(24,25)38-45(28,29)40-47(32,33)41-46(30,31)39-44(26,27)37-42(22,23)34-12-10-8-6-4-2-3-5-7-9-11-19-20-18/h15-17,21H,2-14H2,1H3,(H,22,23)(H,24,25)(H,26,27)(H,28,29)(H,30,31)(H,32,33). The molecule has 0 aromatic heterocycles. The molecule has 0 saturated carbocycles. The second-order valence-corrected chi connectivity index (χ2v) is 19.2. The molecule has 7 N–H and O–H groups in total. The van der Waals surface area contributed by atoms with Crippen molar-refractivity contribution in [1.29, 1.82) is 0 Å². The van der Waals surface area contributed by atoms with Gasteiger partial charge in [0.05, 0.1) is 25.4 Å². The van der Waals surface area contributed by atoms with Crippen molar-refractivity contribution in [2.24, 2.45) is 5.11 Å². The number of hydrogen-bond acceptors (Lipinski definition) is 16. The summed E-state index contributed by atoms with van der Waals surface area (Å²) < 4.78 is 104. The van der Waals surface area contributed by atoms with E-state index in [-0.39, 0.29) is 12.8 Å². The van der Waals surface area contributed by atoms with Gasteiger partial charge < -0.3 is 39.2 Å². The SMILES string of the molecule is CC1CC(O)C(COP(=O)(O)OP(=O)(O)OP(=O)(O)OP(=O)(O)OP(=O)(O)OP(=O)(O)OCCCCCCCCCCCN=[N+]=[N-])O1. The minimum Gasteiger partial charge on any atom is -0.390 e. The topological polar surface area (TPSA) is 367 Å². The van der Waals surface area contributed by atoms with Crippen LogP contribution in [0.15, 0.2) is 5.11 Å². The van der Waals surface area contributed by atoms with Crippen molar-refractivity contribution in [3.05, 3.63) is 10.4 Å². The van der Waals surface area contributed by atoms with E-state index < -0.39 is 78.5 Å². The van der Waals surface area contributed by atoms with Gasteiger partial charge in [-0.1, -0.05) is 50.1 Å². The van der Waals surface area contributed by atoms with Gasteiger partial charge in [0.1, 0.15) is 6.10 Å². The number of aliphatic hydroxyl groups excluding tert-OH is 1. The summed E-state index contributed by atoms with van der Waals surface area (Å²) >= 11 is 0. The van der Waals surface area contributed by atoms with E-state index in [9.17, 15) is 61.9 Å². The maximum absolute atomic E-state index is 12.0. The molecule has 1 aliphatic heterocycles. The lowest BCUT2D eigenvalue weighted by molar-refractivity contribution is -0.0167. The molecule has 0 aromatic rings. The maximum Gasteiger partial charge on any atom is 0.490 e. The number of phosphoric acid groups is 6. The number of phosphoric ester groups is 2. The van der Waals surface area contributed by atoms with Crippen molar-refractivity contribution in [3.63, 3.8) is 0 Å². The average Bonchev–Trinajstić information content (AvgIpc) is 3.18. The van der Waals surface area contributed by atoms with E-state index in [1.54, 1.807) is 6.92 Å². The Balaban J connectivity index is 2.48. The molecule has 30 heteroatoms. The zero-order chi connectivity index (χ0) is 36.0. The van der Waals surface area contributed by atoms with Crippen molar-refractivity contribution >= 4 is 46.9 Å². The van der Waals surface area contributed by atoms with Crippen molar-refractivity contribution in [2.45, 2.75) is 89.4 Å². The van der Waals surface area contributed by atoms with Gasteiger partial charge in [-0.2, -0.15) is 21.6 Å². The molecule has 0 aliphatic carbocycles. The first-order valence-corrected chi connectivity index (χ1v) is 22.6. The Hall–Kier alpha value is 0.0900. The van der Waals surface area contributed by atoms with E-state index >= 15 is 0 Å². The van der Waals surface area contributed by atoms with Crippen LogP contribution in [0, 0.1) is 0 Å². The van der Waals surface area contributed by atoms with Gasteiger partial charge in [-0.25, -0.2) is 27.4 Å². The molecule has 0 radical (unpaired) electrons. The van der Waals surface area contributed by atoms with Crippen LogP contribution in [0.25, 0.3) is 10.4 Å². The Morgan fingerprint density at radius 2 is 1.04 bits per heavy atom. The van der Waals surface area contributed by atoms with Crippen LogP contribution in [-0.4, -0.2) is 72.5 Å². The molecule has 1 heterocycles. The fraction of sp³-hybridized carbons (Fsp3) is 1.00. The Labute approximate surface area is 268 Å². The lowest BCUT2D eigenvalue weighted by atomic mass is 10.1. The first kappa shape index (κ1) is 45.1. The van der Waals surface area contributed by atoms with Gasteiger partial charge in [-0.05, 0) is 25.3 Å². The summed E-state index contributed by atoms with van der Waals surface area (Å²) in [4.78, 5) is 60.0. The van der Waals surface area contributed by atoms with Crippen LogP contribution in [0.3, 0.4) is 0 Å². The van der Waals surface area contributed by atoms with Crippen LogP contribution in [-0.2, 0) is 62.7 Å². The number of hydrogen-bond donors (Lipinski definition) is 7. The first-order chi connectivity index (χ1) is 21.5. The molecule has 9 unspecified atom stereocenters. The molecule has 0 aromatic carbocycles. The molecule has 0 bridgehead atoms. The predicted molar refractivity (Wildman–Crippen MR) is 157 cm³/mol. The number of nitrogens with zero attached hydrogens (tertiary/aromatic N) is 3. The van der Waals surface area contributed by atoms with Gasteiger partial charge in [0.2, 0.25) is 0 Å². The van der Waals surface area contributed by atoms with Crippen LogP contribution >= 0.6 is 46.9 Å². The summed E-state index contributed by atoms with van der Waals surface area (Å²) in [5.74, 6) is 0. The molecule has 0 amide bonds. The molecule has 9 atom stereocenters. The molecular formula is C17H39N3O21P6. The third-order valence-corrected chi connectivity index (χ3v) is 14.8. The van der Waals surface area contributed by atoms with Gasteiger partial charge in [0.15, 0.2) is 0 Å². The predicted octanol–water partition coefficient (Wildman–Crippen LogP) is 5.06. The molecule has 1 aliphatic rings. The van der Waals surface area contributed by atoms with Crippen LogP contribution in [0.1, 0.15) is 71.1 Å². The molecule has 47 heavy (non-hydrogen) atoms. The Morgan fingerprint density at radius 1 is 0.660 bits per heavy atom. The summed E-state index contributed by atoms with van der Waals surface area (Å²) in [6, 6.07) is 0. The average molecular weight is 807 g/mol. The minimum absolute atomic E-state index is 0.126. The van der Waals surface area contributed by atoms with Crippen molar-refractivity contribution in [3.8, 4) is 0 Å². The third-order valence-electron chi connectivity index (χ3n) is 5.56. The Bertz CT molecular complexity index is 1330. The van der Waals surface area contributed by atoms with E-state index in [1.807, 2.05) is 0 Å². The third kappa shape index (κ3) is 21.8. The van der Waals surface area contributed by atoms with Crippen LogP contribution < -0.4 is 0 Å². The lowest BCUT2D eigenvalue weighted by Crippen LogP contribution is -2.26. The maximum atomic E-state index is 12.0. The summed E-state index contributed by atoms with van der Waals surface area (Å²) in [5, 5.41) is 13.2. The molecular weight excluding hydrogens is 768 g/mol. The minimum atomic E-state index is -6.36. The van der Waals surface area contributed by atoms with Crippen molar-refractivity contribution in [2.75, 3.05) is 19.8 Å². The van der Waals surface area contributed by atoms with Gasteiger partial charge in [-0.3, -0.25) is 9.05 Å². The fourth-order valence-electron chi connectivity index (χ4n) is 3.76. The lowest BCUT2D eigenvalue weighted by Gasteiger charge is -2.21. The van der Waals surface area contributed by atoms with E-state index in [2.05, 4.69) is 40.6 Å². The smallest absolute Gasteiger partial charge is 0.390 e. The zero-order valence-corrected chi connectivity index (χ0v) is 30.2. The van der Waals surface area contributed by atoms with E-state index in [1.165, 1.54) is 0 Å². The van der Waals surface area contributed by atoms with E-state index in [0.29, 0.717) is 13.0 Å². The largest absolute Gasteiger partial charge is 0.490 e. The van der Waals surface area contributed by atoms with Gasteiger partial charge in [0, 0.05) is 17.9 Å². The van der Waals surface area contributed by atoms with Crippen molar-refractivity contribution < 1.29 is 97.2 Å². The summed E-state index contributed by atoms with van der Waals surface area (Å²) in [6.45, 7) is 0.685. The van der Waals surface area contributed by atoms with Gasteiger partial charge >= 0.3 is 46.9 Å². The Morgan fingerprint density at radius 3 is 1.45 bits per heavy atom. The number of aliphatic hydroxyl groups is 1. The van der Waals surface area contributed by atoms with E-state index in [4.69, 9.17) is 10.3 Å². The molecule has 0 spiro atoms. The number of ether oxygens (including phenoxy) is 1. The highest BCUT2D eigenvalue weighted by molar-refractivity contribution is 7.72. The molecule has 278 valence electrons. The molecule has 1 rings (SSSR count). The second kappa shape index (κ2) is 20.2. The van der Waals surface area contributed by atoms with Crippen molar-refractivity contribution in [1.82, 2.24) is 0 Å². The monoisotopic (exact) mass is 807 g/mol. The number of unbranched alkanes of at least 4 members (excludes halogenated alkanes) is 8. The summed E-state index contributed by atoms with van der Waals surface area (Å²) in [5.41, 5.74) is 8.19. The number of rotatable bonds is 26. The van der Waals surface area contributed by atoms with Gasteiger partial charge in [0.25, 0.3) is 0 Å². The second-order valence-electron chi connectivity index (χ2n) is 9.77. The molecule has 1 saturated heterocycles. The normalized spacial score (nSPS) is 26.1.